The molecule has 1 fully saturated rings. The van der Waals surface area contributed by atoms with Gasteiger partial charge in [0, 0.05) is 25.4 Å². The molecule has 0 amide bonds. The Hall–Kier alpha value is -2.30. The van der Waals surface area contributed by atoms with E-state index in [2.05, 4.69) is 16.8 Å². The zero-order valence-electron chi connectivity index (χ0n) is 12.1. The number of hydrogen-bond acceptors (Lipinski definition) is 3. The van der Waals surface area contributed by atoms with Gasteiger partial charge in [0.1, 0.15) is 5.65 Å². The van der Waals surface area contributed by atoms with Gasteiger partial charge in [0.25, 0.3) is 0 Å². The van der Waals surface area contributed by atoms with Crippen molar-refractivity contribution in [1.29, 1.82) is 0 Å². The second-order valence-corrected chi connectivity index (χ2v) is 5.59. The average molecular weight is 285 g/mol. The van der Waals surface area contributed by atoms with Gasteiger partial charge >= 0.3 is 5.97 Å². The van der Waals surface area contributed by atoms with Crippen molar-refractivity contribution in [3.05, 3.63) is 36.2 Å². The minimum atomic E-state index is -0.945. The van der Waals surface area contributed by atoms with Crippen LogP contribution in [-0.2, 0) is 4.79 Å². The summed E-state index contributed by atoms with van der Waals surface area (Å²) < 4.78 is 1.94. The van der Waals surface area contributed by atoms with Gasteiger partial charge in [0.2, 0.25) is 0 Å². The fourth-order valence-corrected chi connectivity index (χ4v) is 2.76. The average Bonchev–Trinajstić information content (AvgIpc) is 2.84. The van der Waals surface area contributed by atoms with E-state index < -0.39 is 5.97 Å². The summed E-state index contributed by atoms with van der Waals surface area (Å²) in [5.41, 5.74) is 1.68. The normalized spacial score (nSPS) is 16.9. The molecule has 0 aromatic carbocycles. The standard InChI is InChI=1S/C16H19N3O2/c1-12-7-10-18(11-8-12)16-13(5-6-15(20)21)19-9-3-2-4-14(19)17-16/h2-6,9,12H,7-8,10-11H2,1H3,(H,20,21)/b6-5+. The molecule has 1 aliphatic rings. The lowest BCUT2D eigenvalue weighted by molar-refractivity contribution is -0.131. The van der Waals surface area contributed by atoms with E-state index in [4.69, 9.17) is 5.11 Å². The number of nitrogens with zero attached hydrogens (tertiary/aromatic N) is 3. The van der Waals surface area contributed by atoms with Crippen LogP contribution in [0.2, 0.25) is 0 Å². The van der Waals surface area contributed by atoms with Gasteiger partial charge in [-0.05, 0) is 37.0 Å². The minimum absolute atomic E-state index is 0.747. The maximum absolute atomic E-state index is 10.8. The zero-order valence-corrected chi connectivity index (χ0v) is 12.1. The van der Waals surface area contributed by atoms with Crippen molar-refractivity contribution >= 4 is 23.5 Å². The Labute approximate surface area is 123 Å². The van der Waals surface area contributed by atoms with Gasteiger partial charge in [-0.2, -0.15) is 0 Å². The van der Waals surface area contributed by atoms with E-state index in [1.165, 1.54) is 6.08 Å². The number of imidazole rings is 1. The molecular formula is C16H19N3O2. The third-order valence-electron chi connectivity index (χ3n) is 4.01. The summed E-state index contributed by atoms with van der Waals surface area (Å²) in [6.45, 7) is 4.21. The van der Waals surface area contributed by atoms with Gasteiger partial charge < -0.3 is 10.0 Å². The Morgan fingerprint density at radius 3 is 2.86 bits per heavy atom. The highest BCUT2D eigenvalue weighted by atomic mass is 16.4. The van der Waals surface area contributed by atoms with E-state index >= 15 is 0 Å². The number of hydrogen-bond donors (Lipinski definition) is 1. The molecule has 2 aromatic rings. The Bertz CT molecular complexity index is 682. The number of rotatable bonds is 3. The number of aliphatic carboxylic acids is 1. The fraction of sp³-hybridized carbons (Fsp3) is 0.375. The van der Waals surface area contributed by atoms with E-state index in [1.54, 1.807) is 6.08 Å². The van der Waals surface area contributed by atoms with Crippen LogP contribution >= 0.6 is 0 Å². The molecule has 5 heteroatoms. The summed E-state index contributed by atoms with van der Waals surface area (Å²) in [6, 6.07) is 5.80. The second-order valence-electron chi connectivity index (χ2n) is 5.59. The first-order valence-corrected chi connectivity index (χ1v) is 7.28. The molecule has 0 bridgehead atoms. The predicted molar refractivity (Wildman–Crippen MR) is 82.5 cm³/mol. The molecule has 0 saturated carbocycles. The van der Waals surface area contributed by atoms with Crippen molar-refractivity contribution in [2.45, 2.75) is 19.8 Å². The summed E-state index contributed by atoms with van der Waals surface area (Å²) >= 11 is 0. The van der Waals surface area contributed by atoms with E-state index in [1.807, 2.05) is 28.8 Å². The van der Waals surface area contributed by atoms with Crippen LogP contribution in [0.5, 0.6) is 0 Å². The number of carboxylic acids is 1. The van der Waals surface area contributed by atoms with Crippen molar-refractivity contribution in [2.24, 2.45) is 5.92 Å². The third kappa shape index (κ3) is 2.77. The maximum atomic E-state index is 10.8. The van der Waals surface area contributed by atoms with Crippen molar-refractivity contribution < 1.29 is 9.90 Å². The SMILES string of the molecule is CC1CCN(c2nc3ccccn3c2/C=C/C(=O)O)CC1. The lowest BCUT2D eigenvalue weighted by atomic mass is 9.99. The summed E-state index contributed by atoms with van der Waals surface area (Å²) in [4.78, 5) is 17.8. The molecule has 1 aliphatic heterocycles. The van der Waals surface area contributed by atoms with Crippen molar-refractivity contribution in [1.82, 2.24) is 9.38 Å². The molecule has 3 rings (SSSR count). The molecule has 0 radical (unpaired) electrons. The van der Waals surface area contributed by atoms with Gasteiger partial charge in [0.15, 0.2) is 5.82 Å². The molecule has 0 spiro atoms. The second kappa shape index (κ2) is 5.60. The van der Waals surface area contributed by atoms with Crippen molar-refractivity contribution in [3.8, 4) is 0 Å². The number of piperidine rings is 1. The molecule has 0 unspecified atom stereocenters. The number of fused-ring (bicyclic) bond motifs is 1. The summed E-state index contributed by atoms with van der Waals surface area (Å²) in [6.07, 6.45) is 7.02. The lowest BCUT2D eigenvalue weighted by Crippen LogP contribution is -2.33. The van der Waals surface area contributed by atoms with Crippen LogP contribution in [0.25, 0.3) is 11.7 Å². The van der Waals surface area contributed by atoms with Crippen LogP contribution in [0.3, 0.4) is 0 Å². The molecule has 1 N–H and O–H groups in total. The molecule has 0 aliphatic carbocycles. The third-order valence-corrected chi connectivity index (χ3v) is 4.01. The smallest absolute Gasteiger partial charge is 0.328 e. The number of aromatic nitrogens is 2. The number of carbonyl (C=O) groups is 1. The van der Waals surface area contributed by atoms with Crippen LogP contribution in [-0.4, -0.2) is 33.6 Å². The Kier molecular flexibility index (Phi) is 3.64. The van der Waals surface area contributed by atoms with Gasteiger partial charge in [-0.1, -0.05) is 13.0 Å². The first kappa shape index (κ1) is 13.7. The molecule has 21 heavy (non-hydrogen) atoms. The highest BCUT2D eigenvalue weighted by Crippen LogP contribution is 2.27. The summed E-state index contributed by atoms with van der Waals surface area (Å²) in [5.74, 6) is 0.681. The lowest BCUT2D eigenvalue weighted by Gasteiger charge is -2.30. The topological polar surface area (TPSA) is 57.8 Å². The van der Waals surface area contributed by atoms with Gasteiger partial charge in [0.05, 0.1) is 5.69 Å². The first-order chi connectivity index (χ1) is 10.1. The molecule has 1 saturated heterocycles. The number of anilines is 1. The van der Waals surface area contributed by atoms with Crippen LogP contribution < -0.4 is 4.90 Å². The van der Waals surface area contributed by atoms with Gasteiger partial charge in [-0.15, -0.1) is 0 Å². The molecule has 5 nitrogen and oxygen atoms in total. The summed E-state index contributed by atoms with van der Waals surface area (Å²) in [7, 11) is 0. The molecule has 2 aromatic heterocycles. The minimum Gasteiger partial charge on any atom is -0.478 e. The maximum Gasteiger partial charge on any atom is 0.328 e. The fourth-order valence-electron chi connectivity index (χ4n) is 2.76. The Balaban J connectivity index is 2.04. The van der Waals surface area contributed by atoms with Crippen LogP contribution in [0, 0.1) is 5.92 Å². The molecule has 3 heterocycles. The van der Waals surface area contributed by atoms with Crippen molar-refractivity contribution in [3.63, 3.8) is 0 Å². The van der Waals surface area contributed by atoms with Gasteiger partial charge in [-0.25, -0.2) is 9.78 Å². The van der Waals surface area contributed by atoms with Gasteiger partial charge in [-0.3, -0.25) is 4.40 Å². The van der Waals surface area contributed by atoms with Crippen molar-refractivity contribution in [2.75, 3.05) is 18.0 Å². The van der Waals surface area contributed by atoms with E-state index in [0.29, 0.717) is 0 Å². The van der Waals surface area contributed by atoms with E-state index in [-0.39, 0.29) is 0 Å². The number of carboxylic acid groups (broad SMARTS) is 1. The summed E-state index contributed by atoms with van der Waals surface area (Å²) in [5, 5.41) is 8.89. The highest BCUT2D eigenvalue weighted by molar-refractivity contribution is 5.86. The highest BCUT2D eigenvalue weighted by Gasteiger charge is 2.21. The monoisotopic (exact) mass is 285 g/mol. The molecule has 0 atom stereocenters. The quantitative estimate of drug-likeness (QED) is 0.881. The molecular weight excluding hydrogens is 266 g/mol. The molecule has 110 valence electrons. The Morgan fingerprint density at radius 1 is 1.38 bits per heavy atom. The predicted octanol–water partition coefficient (Wildman–Crippen LogP) is 2.67. The number of pyridine rings is 1. The largest absolute Gasteiger partial charge is 0.478 e. The van der Waals surface area contributed by atoms with Crippen LogP contribution in [0.1, 0.15) is 25.5 Å². The Morgan fingerprint density at radius 2 is 2.14 bits per heavy atom. The van der Waals surface area contributed by atoms with E-state index in [9.17, 15) is 4.79 Å². The first-order valence-electron chi connectivity index (χ1n) is 7.28. The van der Waals surface area contributed by atoms with Crippen LogP contribution in [0.15, 0.2) is 30.5 Å². The zero-order chi connectivity index (χ0) is 14.8. The van der Waals surface area contributed by atoms with Crippen LogP contribution in [0.4, 0.5) is 5.82 Å². The van der Waals surface area contributed by atoms with E-state index in [0.717, 1.165) is 49.0 Å².